The molecule has 8 heteroatoms. The first-order valence-electron chi connectivity index (χ1n) is 5.79. The molecule has 0 saturated heterocycles. The summed E-state index contributed by atoms with van der Waals surface area (Å²) in [5.41, 5.74) is 3.87. The Bertz CT molecular complexity index is 477. The van der Waals surface area contributed by atoms with E-state index >= 15 is 0 Å². The average Bonchev–Trinajstić information content (AvgIpc) is 2.39. The van der Waals surface area contributed by atoms with Crippen LogP contribution in [0, 0.1) is 0 Å². The highest BCUT2D eigenvalue weighted by molar-refractivity contribution is 5.96. The minimum absolute atomic E-state index is 0.0417. The molecule has 1 rings (SSSR count). The SMILES string of the molecule is NCCCN(C=O)C(=O)Nc1ccccc1C(F)(F)F. The zero-order valence-electron chi connectivity index (χ0n) is 10.5. The molecule has 0 saturated carbocycles. The number of alkyl halides is 3. The minimum Gasteiger partial charge on any atom is -0.330 e. The second-order valence-corrected chi connectivity index (χ2v) is 3.91. The van der Waals surface area contributed by atoms with Gasteiger partial charge in [-0.15, -0.1) is 0 Å². The van der Waals surface area contributed by atoms with Gasteiger partial charge in [0, 0.05) is 6.54 Å². The van der Waals surface area contributed by atoms with E-state index in [1.54, 1.807) is 0 Å². The standard InChI is InChI=1S/C12H14F3N3O2/c13-12(14,15)9-4-1-2-5-10(9)17-11(20)18(8-19)7-3-6-16/h1-2,4-5,8H,3,6-7,16H2,(H,17,20). The molecule has 0 radical (unpaired) electrons. The number of carbonyl (C=O) groups is 2. The van der Waals surface area contributed by atoms with E-state index in [0.29, 0.717) is 6.42 Å². The number of benzene rings is 1. The zero-order valence-corrected chi connectivity index (χ0v) is 10.5. The molecule has 0 unspecified atom stereocenters. The molecular weight excluding hydrogens is 275 g/mol. The van der Waals surface area contributed by atoms with Crippen molar-refractivity contribution in [2.24, 2.45) is 5.73 Å². The van der Waals surface area contributed by atoms with E-state index in [-0.39, 0.29) is 19.5 Å². The molecule has 1 aromatic carbocycles. The van der Waals surface area contributed by atoms with Crippen LogP contribution in [0.5, 0.6) is 0 Å². The summed E-state index contributed by atoms with van der Waals surface area (Å²) in [4.78, 5) is 23.2. The van der Waals surface area contributed by atoms with Gasteiger partial charge in [-0.2, -0.15) is 13.2 Å². The first-order valence-corrected chi connectivity index (χ1v) is 5.79. The van der Waals surface area contributed by atoms with Crippen LogP contribution in [0.2, 0.25) is 0 Å². The number of anilines is 1. The molecule has 1 aromatic rings. The van der Waals surface area contributed by atoms with Crippen LogP contribution in [0.3, 0.4) is 0 Å². The molecule has 0 heterocycles. The maximum atomic E-state index is 12.7. The summed E-state index contributed by atoms with van der Waals surface area (Å²) in [6.45, 7) is 0.302. The highest BCUT2D eigenvalue weighted by Crippen LogP contribution is 2.34. The Morgan fingerprint density at radius 2 is 2.00 bits per heavy atom. The van der Waals surface area contributed by atoms with Crippen LogP contribution in [0.1, 0.15) is 12.0 Å². The van der Waals surface area contributed by atoms with Gasteiger partial charge < -0.3 is 11.1 Å². The van der Waals surface area contributed by atoms with Gasteiger partial charge in [0.15, 0.2) is 0 Å². The van der Waals surface area contributed by atoms with Crippen molar-refractivity contribution in [3.63, 3.8) is 0 Å². The monoisotopic (exact) mass is 289 g/mol. The second-order valence-electron chi connectivity index (χ2n) is 3.91. The summed E-state index contributed by atoms with van der Waals surface area (Å²) < 4.78 is 38.2. The lowest BCUT2D eigenvalue weighted by Gasteiger charge is -2.18. The Morgan fingerprint density at radius 3 is 2.55 bits per heavy atom. The van der Waals surface area contributed by atoms with Gasteiger partial charge in [-0.3, -0.25) is 9.69 Å². The molecule has 0 bridgehead atoms. The normalized spacial score (nSPS) is 11.0. The number of carbonyl (C=O) groups excluding carboxylic acids is 2. The molecule has 3 amide bonds. The van der Waals surface area contributed by atoms with E-state index in [9.17, 15) is 22.8 Å². The van der Waals surface area contributed by atoms with Gasteiger partial charge in [-0.05, 0) is 25.1 Å². The number of para-hydroxylation sites is 1. The van der Waals surface area contributed by atoms with Crippen molar-refractivity contribution in [2.75, 3.05) is 18.4 Å². The first-order chi connectivity index (χ1) is 9.40. The fourth-order valence-electron chi connectivity index (χ4n) is 1.49. The molecule has 5 nitrogen and oxygen atoms in total. The van der Waals surface area contributed by atoms with Crippen molar-refractivity contribution in [3.8, 4) is 0 Å². The molecule has 0 spiro atoms. The molecule has 0 fully saturated rings. The van der Waals surface area contributed by atoms with Gasteiger partial charge in [-0.1, -0.05) is 12.1 Å². The van der Waals surface area contributed by atoms with Gasteiger partial charge in [-0.25, -0.2) is 4.79 Å². The van der Waals surface area contributed by atoms with Gasteiger partial charge in [0.2, 0.25) is 6.41 Å². The predicted octanol–water partition coefficient (Wildman–Crippen LogP) is 2.04. The number of nitrogens with two attached hydrogens (primary N) is 1. The molecule has 3 N–H and O–H groups in total. The van der Waals surface area contributed by atoms with Crippen LogP contribution < -0.4 is 11.1 Å². The van der Waals surface area contributed by atoms with Crippen molar-refractivity contribution in [1.82, 2.24) is 4.90 Å². The van der Waals surface area contributed by atoms with Crippen molar-refractivity contribution in [2.45, 2.75) is 12.6 Å². The van der Waals surface area contributed by atoms with Crippen molar-refractivity contribution in [3.05, 3.63) is 29.8 Å². The third kappa shape index (κ3) is 4.23. The molecule has 0 aliphatic carbocycles. The number of imide groups is 1. The Kier molecular flexibility index (Phi) is 5.51. The van der Waals surface area contributed by atoms with Crippen LogP contribution in [-0.2, 0) is 11.0 Å². The maximum Gasteiger partial charge on any atom is 0.418 e. The lowest BCUT2D eigenvalue weighted by Crippen LogP contribution is -2.35. The molecule has 0 aliphatic rings. The number of nitrogens with one attached hydrogen (secondary N) is 1. The van der Waals surface area contributed by atoms with E-state index in [2.05, 4.69) is 5.32 Å². The van der Waals surface area contributed by atoms with Crippen molar-refractivity contribution >= 4 is 18.1 Å². The maximum absolute atomic E-state index is 12.7. The summed E-state index contributed by atoms with van der Waals surface area (Å²) in [6.07, 6.45) is -3.97. The van der Waals surface area contributed by atoms with E-state index in [1.807, 2.05) is 0 Å². The van der Waals surface area contributed by atoms with Gasteiger partial charge >= 0.3 is 12.2 Å². The molecule has 110 valence electrons. The summed E-state index contributed by atoms with van der Waals surface area (Å²) >= 11 is 0. The zero-order chi connectivity index (χ0) is 15.2. The summed E-state index contributed by atoms with van der Waals surface area (Å²) in [6, 6.07) is 3.61. The fourth-order valence-corrected chi connectivity index (χ4v) is 1.49. The van der Waals surface area contributed by atoms with Crippen LogP contribution in [0.25, 0.3) is 0 Å². The summed E-state index contributed by atoms with van der Waals surface area (Å²) in [5, 5.41) is 2.07. The second kappa shape index (κ2) is 6.90. The Labute approximate surface area is 113 Å². The molecule has 0 aromatic heterocycles. The number of amides is 3. The smallest absolute Gasteiger partial charge is 0.330 e. The molecule has 0 aliphatic heterocycles. The van der Waals surface area contributed by atoms with Gasteiger partial charge in [0.05, 0.1) is 11.3 Å². The quantitative estimate of drug-likeness (QED) is 0.814. The molecule has 0 atom stereocenters. The minimum atomic E-state index is -4.59. The highest BCUT2D eigenvalue weighted by Gasteiger charge is 2.33. The van der Waals surface area contributed by atoms with Gasteiger partial charge in [0.25, 0.3) is 0 Å². The van der Waals surface area contributed by atoms with E-state index < -0.39 is 23.5 Å². The Balaban J connectivity index is 2.87. The van der Waals surface area contributed by atoms with Crippen molar-refractivity contribution in [1.29, 1.82) is 0 Å². The van der Waals surface area contributed by atoms with Crippen LogP contribution >= 0.6 is 0 Å². The number of hydrogen-bond donors (Lipinski definition) is 2. The molecular formula is C12H14F3N3O2. The van der Waals surface area contributed by atoms with E-state index in [4.69, 9.17) is 5.73 Å². The summed E-state index contributed by atoms with van der Waals surface area (Å²) in [5.74, 6) is 0. The number of urea groups is 1. The number of rotatable bonds is 5. The van der Waals surface area contributed by atoms with E-state index in [1.165, 1.54) is 12.1 Å². The first kappa shape index (κ1) is 16.0. The number of nitrogens with zero attached hydrogens (tertiary/aromatic N) is 1. The Hall–Kier alpha value is -2.09. The molecule has 20 heavy (non-hydrogen) atoms. The lowest BCUT2D eigenvalue weighted by molar-refractivity contribution is -0.136. The third-order valence-corrected chi connectivity index (χ3v) is 2.47. The lowest BCUT2D eigenvalue weighted by atomic mass is 10.1. The number of hydrogen-bond acceptors (Lipinski definition) is 3. The average molecular weight is 289 g/mol. The van der Waals surface area contributed by atoms with Crippen LogP contribution in [-0.4, -0.2) is 30.4 Å². The predicted molar refractivity (Wildman–Crippen MR) is 66.9 cm³/mol. The topological polar surface area (TPSA) is 75.4 Å². The van der Waals surface area contributed by atoms with Crippen LogP contribution in [0.4, 0.5) is 23.7 Å². The van der Waals surface area contributed by atoms with Crippen molar-refractivity contribution < 1.29 is 22.8 Å². The van der Waals surface area contributed by atoms with Crippen LogP contribution in [0.15, 0.2) is 24.3 Å². The fraction of sp³-hybridized carbons (Fsp3) is 0.333. The Morgan fingerprint density at radius 1 is 1.35 bits per heavy atom. The largest absolute Gasteiger partial charge is 0.418 e. The summed E-state index contributed by atoms with van der Waals surface area (Å²) in [7, 11) is 0. The highest BCUT2D eigenvalue weighted by atomic mass is 19.4. The van der Waals surface area contributed by atoms with E-state index in [0.717, 1.165) is 17.0 Å². The third-order valence-electron chi connectivity index (χ3n) is 2.47. The number of halogens is 3. The van der Waals surface area contributed by atoms with Gasteiger partial charge in [0.1, 0.15) is 0 Å².